The molecule has 3 N–H and O–H groups in total. The molecule has 1 aromatic rings. The fourth-order valence-corrected chi connectivity index (χ4v) is 3.47. The lowest BCUT2D eigenvalue weighted by Crippen LogP contribution is -2.32. The molecule has 0 aromatic heterocycles. The molecule has 0 bridgehead atoms. The molecule has 2 aliphatic rings. The van der Waals surface area contributed by atoms with Gasteiger partial charge in [-0.2, -0.15) is 0 Å². The first-order valence-electron chi connectivity index (χ1n) is 9.45. The molecule has 144 valence electrons. The number of halogens is 1. The van der Waals surface area contributed by atoms with Crippen LogP contribution >= 0.6 is 12.4 Å². The summed E-state index contributed by atoms with van der Waals surface area (Å²) in [6, 6.07) is 5.84. The Balaban J connectivity index is 0.00000243. The Bertz CT molecular complexity index is 640. The highest BCUT2D eigenvalue weighted by atomic mass is 35.5. The van der Waals surface area contributed by atoms with Crippen molar-refractivity contribution in [2.75, 3.05) is 18.4 Å². The van der Waals surface area contributed by atoms with Crippen molar-refractivity contribution in [3.8, 4) is 0 Å². The normalized spacial score (nSPS) is 18.5. The zero-order valence-electron chi connectivity index (χ0n) is 15.6. The first-order valence-corrected chi connectivity index (χ1v) is 9.45. The summed E-state index contributed by atoms with van der Waals surface area (Å²) < 4.78 is 0. The lowest BCUT2D eigenvalue weighted by Gasteiger charge is -2.28. The van der Waals surface area contributed by atoms with Gasteiger partial charge in [0.05, 0.1) is 0 Å². The molecule has 1 aliphatic heterocycles. The molecule has 2 amide bonds. The molecule has 1 saturated carbocycles. The Labute approximate surface area is 162 Å². The molecule has 1 heterocycles. The molecule has 6 heteroatoms. The van der Waals surface area contributed by atoms with E-state index in [1.807, 2.05) is 19.1 Å². The van der Waals surface area contributed by atoms with Crippen LogP contribution < -0.4 is 16.0 Å². The number of anilines is 1. The highest BCUT2D eigenvalue weighted by molar-refractivity contribution is 5.98. The molecule has 1 aliphatic carbocycles. The monoisotopic (exact) mass is 379 g/mol. The number of piperidine rings is 1. The summed E-state index contributed by atoms with van der Waals surface area (Å²) in [5, 5.41) is 9.36. The van der Waals surface area contributed by atoms with Gasteiger partial charge in [0.25, 0.3) is 5.91 Å². The second-order valence-corrected chi connectivity index (χ2v) is 7.59. The van der Waals surface area contributed by atoms with E-state index in [1.54, 1.807) is 6.07 Å². The van der Waals surface area contributed by atoms with Crippen molar-refractivity contribution in [1.82, 2.24) is 10.6 Å². The minimum atomic E-state index is -0.0546. The highest BCUT2D eigenvalue weighted by Crippen LogP contribution is 2.25. The zero-order valence-corrected chi connectivity index (χ0v) is 16.5. The van der Waals surface area contributed by atoms with Gasteiger partial charge in [-0.25, -0.2) is 0 Å². The zero-order chi connectivity index (χ0) is 17.8. The Hall–Kier alpha value is -1.59. The van der Waals surface area contributed by atoms with Crippen LogP contribution in [0.5, 0.6) is 0 Å². The third-order valence-corrected chi connectivity index (χ3v) is 5.38. The van der Waals surface area contributed by atoms with Crippen LogP contribution in [-0.2, 0) is 4.79 Å². The third-order valence-electron chi connectivity index (χ3n) is 5.38. The standard InChI is InChI=1S/C20H29N3O2.ClH/c1-13-3-4-16(20(25)22-17-5-6-17)12-18(13)23-19(24)11-14(2)15-7-9-21-10-8-15;/h3-4,12,14-15,17,21H,5-11H2,1-2H3,(H,22,25)(H,23,24);1H. The van der Waals surface area contributed by atoms with E-state index in [0.717, 1.165) is 50.0 Å². The van der Waals surface area contributed by atoms with Crippen LogP contribution in [0, 0.1) is 18.8 Å². The Morgan fingerprint density at radius 3 is 2.54 bits per heavy atom. The molecule has 1 aromatic carbocycles. The van der Waals surface area contributed by atoms with Gasteiger partial charge >= 0.3 is 0 Å². The topological polar surface area (TPSA) is 70.2 Å². The number of benzene rings is 1. The van der Waals surface area contributed by atoms with Gasteiger partial charge in [0.15, 0.2) is 0 Å². The number of rotatable bonds is 6. The fraction of sp³-hybridized carbons (Fsp3) is 0.600. The smallest absolute Gasteiger partial charge is 0.251 e. The molecule has 2 fully saturated rings. The lowest BCUT2D eigenvalue weighted by atomic mass is 9.84. The van der Waals surface area contributed by atoms with Crippen molar-refractivity contribution in [2.45, 2.75) is 52.0 Å². The highest BCUT2D eigenvalue weighted by Gasteiger charge is 2.24. The quantitative estimate of drug-likeness (QED) is 0.710. The minimum absolute atomic E-state index is 0. The SMILES string of the molecule is Cc1ccc(C(=O)NC2CC2)cc1NC(=O)CC(C)C1CCNCC1.Cl. The summed E-state index contributed by atoms with van der Waals surface area (Å²) in [5.41, 5.74) is 2.33. The summed E-state index contributed by atoms with van der Waals surface area (Å²) in [6.45, 7) is 6.22. The van der Waals surface area contributed by atoms with Crippen LogP contribution in [0.15, 0.2) is 18.2 Å². The molecule has 1 saturated heterocycles. The van der Waals surface area contributed by atoms with Crippen LogP contribution in [0.3, 0.4) is 0 Å². The number of amides is 2. The van der Waals surface area contributed by atoms with Gasteiger partial charge in [0.1, 0.15) is 0 Å². The Kier molecular flexibility index (Phi) is 7.47. The maximum absolute atomic E-state index is 12.5. The number of carbonyl (C=O) groups excluding carboxylic acids is 2. The molecule has 1 unspecified atom stereocenters. The molecule has 26 heavy (non-hydrogen) atoms. The summed E-state index contributed by atoms with van der Waals surface area (Å²) in [4.78, 5) is 24.7. The Morgan fingerprint density at radius 1 is 1.19 bits per heavy atom. The van der Waals surface area contributed by atoms with E-state index in [0.29, 0.717) is 29.9 Å². The summed E-state index contributed by atoms with van der Waals surface area (Å²) >= 11 is 0. The van der Waals surface area contributed by atoms with Crippen molar-refractivity contribution >= 4 is 29.9 Å². The molecule has 5 nitrogen and oxygen atoms in total. The fourth-order valence-electron chi connectivity index (χ4n) is 3.47. The second-order valence-electron chi connectivity index (χ2n) is 7.59. The average Bonchev–Trinajstić information content (AvgIpc) is 3.41. The van der Waals surface area contributed by atoms with Crippen LogP contribution in [0.1, 0.15) is 54.9 Å². The number of carbonyl (C=O) groups is 2. The molecule has 3 rings (SSSR count). The van der Waals surface area contributed by atoms with Gasteiger partial charge in [-0.3, -0.25) is 9.59 Å². The maximum atomic E-state index is 12.5. The minimum Gasteiger partial charge on any atom is -0.349 e. The van der Waals surface area contributed by atoms with Crippen molar-refractivity contribution in [3.05, 3.63) is 29.3 Å². The molecular formula is C20H30ClN3O2. The summed E-state index contributed by atoms with van der Waals surface area (Å²) in [5.74, 6) is 0.975. The van der Waals surface area contributed by atoms with E-state index in [1.165, 1.54) is 0 Å². The van der Waals surface area contributed by atoms with E-state index in [2.05, 4.69) is 22.9 Å². The van der Waals surface area contributed by atoms with Crippen LogP contribution in [-0.4, -0.2) is 30.9 Å². The van der Waals surface area contributed by atoms with Crippen molar-refractivity contribution in [3.63, 3.8) is 0 Å². The van der Waals surface area contributed by atoms with Crippen molar-refractivity contribution in [2.24, 2.45) is 11.8 Å². The van der Waals surface area contributed by atoms with Crippen molar-refractivity contribution in [1.29, 1.82) is 0 Å². The molecule has 0 spiro atoms. The van der Waals surface area contributed by atoms with Gasteiger partial charge in [-0.1, -0.05) is 13.0 Å². The van der Waals surface area contributed by atoms with E-state index < -0.39 is 0 Å². The first kappa shape index (κ1) is 20.7. The van der Waals surface area contributed by atoms with E-state index >= 15 is 0 Å². The Morgan fingerprint density at radius 2 is 1.88 bits per heavy atom. The van der Waals surface area contributed by atoms with Crippen molar-refractivity contribution < 1.29 is 9.59 Å². The number of nitrogens with one attached hydrogen (secondary N) is 3. The van der Waals surface area contributed by atoms with Gasteiger partial charge in [-0.15, -0.1) is 12.4 Å². The maximum Gasteiger partial charge on any atom is 0.251 e. The van der Waals surface area contributed by atoms with Gasteiger partial charge < -0.3 is 16.0 Å². The van der Waals surface area contributed by atoms with E-state index in [4.69, 9.17) is 0 Å². The number of aryl methyl sites for hydroxylation is 1. The van der Waals surface area contributed by atoms with Gasteiger partial charge in [-0.05, 0) is 75.2 Å². The van der Waals surface area contributed by atoms with E-state index in [-0.39, 0.29) is 24.2 Å². The summed E-state index contributed by atoms with van der Waals surface area (Å²) in [6.07, 6.45) is 4.95. The third kappa shape index (κ3) is 5.71. The predicted octanol–water partition coefficient (Wildman–Crippen LogP) is 3.27. The van der Waals surface area contributed by atoms with Crippen LogP contribution in [0.25, 0.3) is 0 Å². The largest absolute Gasteiger partial charge is 0.349 e. The molecule has 0 radical (unpaired) electrons. The van der Waals surface area contributed by atoms with Gasteiger partial charge in [0.2, 0.25) is 5.91 Å². The van der Waals surface area contributed by atoms with Crippen LogP contribution in [0.2, 0.25) is 0 Å². The molecule has 1 atom stereocenters. The second kappa shape index (κ2) is 9.38. The lowest BCUT2D eigenvalue weighted by molar-refractivity contribution is -0.117. The average molecular weight is 380 g/mol. The summed E-state index contributed by atoms with van der Waals surface area (Å²) in [7, 11) is 0. The first-order chi connectivity index (χ1) is 12.0. The van der Waals surface area contributed by atoms with Crippen LogP contribution in [0.4, 0.5) is 5.69 Å². The molecular weight excluding hydrogens is 350 g/mol. The number of hydrogen-bond donors (Lipinski definition) is 3. The van der Waals surface area contributed by atoms with E-state index in [9.17, 15) is 9.59 Å². The predicted molar refractivity (Wildman–Crippen MR) is 107 cm³/mol. The van der Waals surface area contributed by atoms with Gasteiger partial charge in [0, 0.05) is 23.7 Å². The number of hydrogen-bond acceptors (Lipinski definition) is 3.